The molecule has 0 aliphatic heterocycles. The molecule has 0 spiro atoms. The predicted octanol–water partition coefficient (Wildman–Crippen LogP) is 2.67. The lowest BCUT2D eigenvalue weighted by atomic mass is 9.88. The van der Waals surface area contributed by atoms with Crippen molar-refractivity contribution in [1.82, 2.24) is 5.32 Å². The van der Waals surface area contributed by atoms with E-state index >= 15 is 0 Å². The summed E-state index contributed by atoms with van der Waals surface area (Å²) in [6, 6.07) is 6.57. The Morgan fingerprint density at radius 2 is 2.00 bits per heavy atom. The molecule has 0 saturated heterocycles. The molecule has 3 nitrogen and oxygen atoms in total. The van der Waals surface area contributed by atoms with Gasteiger partial charge in [-0.05, 0) is 42.9 Å². The van der Waals surface area contributed by atoms with Crippen molar-refractivity contribution in [2.24, 2.45) is 17.8 Å². The molecule has 0 amide bonds. The fourth-order valence-corrected chi connectivity index (χ4v) is 3.50. The summed E-state index contributed by atoms with van der Waals surface area (Å²) in [6.07, 6.45) is 5.36. The molecule has 1 saturated carbocycles. The standard InChI is InChI=1S/C17H20FNO2/c1-2-21-17(20)15-12-5-6-13(9-12)16(15)19-10-11-3-7-14(18)8-4-11/h3-8,12-13,15-16,19H,2,9-10H2,1H3. The summed E-state index contributed by atoms with van der Waals surface area (Å²) in [5.41, 5.74) is 1.02. The van der Waals surface area contributed by atoms with Crippen LogP contribution in [0.25, 0.3) is 0 Å². The van der Waals surface area contributed by atoms with Crippen molar-refractivity contribution in [2.75, 3.05) is 6.61 Å². The van der Waals surface area contributed by atoms with Gasteiger partial charge in [-0.15, -0.1) is 0 Å². The Labute approximate surface area is 124 Å². The topological polar surface area (TPSA) is 38.3 Å². The Kier molecular flexibility index (Phi) is 4.06. The van der Waals surface area contributed by atoms with Crippen LogP contribution in [-0.4, -0.2) is 18.6 Å². The van der Waals surface area contributed by atoms with Crippen LogP contribution < -0.4 is 5.32 Å². The molecule has 1 N–H and O–H groups in total. The fourth-order valence-electron chi connectivity index (χ4n) is 3.50. The zero-order chi connectivity index (χ0) is 14.8. The smallest absolute Gasteiger partial charge is 0.311 e. The molecule has 2 aliphatic rings. The molecular formula is C17H20FNO2. The summed E-state index contributed by atoms with van der Waals surface area (Å²) in [5.74, 6) is 0.252. The van der Waals surface area contributed by atoms with Crippen LogP contribution in [0.1, 0.15) is 18.9 Å². The average molecular weight is 289 g/mol. The molecule has 1 aromatic rings. The first-order valence-corrected chi connectivity index (χ1v) is 7.52. The van der Waals surface area contributed by atoms with Crippen molar-refractivity contribution < 1.29 is 13.9 Å². The van der Waals surface area contributed by atoms with Crippen molar-refractivity contribution in [1.29, 1.82) is 0 Å². The highest BCUT2D eigenvalue weighted by atomic mass is 19.1. The molecule has 1 fully saturated rings. The summed E-state index contributed by atoms with van der Waals surface area (Å²) >= 11 is 0. The minimum absolute atomic E-state index is 0.0969. The van der Waals surface area contributed by atoms with Gasteiger partial charge in [0, 0.05) is 12.6 Å². The van der Waals surface area contributed by atoms with E-state index in [1.165, 1.54) is 12.1 Å². The van der Waals surface area contributed by atoms with Gasteiger partial charge in [0.05, 0.1) is 12.5 Å². The Bertz CT molecular complexity index is 540. The van der Waals surface area contributed by atoms with Gasteiger partial charge in [-0.1, -0.05) is 24.3 Å². The molecule has 1 aromatic carbocycles. The van der Waals surface area contributed by atoms with E-state index in [0.29, 0.717) is 25.0 Å². The zero-order valence-corrected chi connectivity index (χ0v) is 12.1. The van der Waals surface area contributed by atoms with Gasteiger partial charge in [0.2, 0.25) is 0 Å². The normalized spacial score (nSPS) is 29.8. The maximum Gasteiger partial charge on any atom is 0.311 e. The molecule has 2 bridgehead atoms. The summed E-state index contributed by atoms with van der Waals surface area (Å²) in [6.45, 7) is 2.89. The number of halogens is 1. The molecule has 2 aliphatic carbocycles. The largest absolute Gasteiger partial charge is 0.466 e. The van der Waals surface area contributed by atoms with E-state index in [1.54, 1.807) is 12.1 Å². The quantitative estimate of drug-likeness (QED) is 0.669. The molecule has 0 heterocycles. The molecule has 21 heavy (non-hydrogen) atoms. The van der Waals surface area contributed by atoms with Gasteiger partial charge < -0.3 is 10.1 Å². The van der Waals surface area contributed by atoms with E-state index in [9.17, 15) is 9.18 Å². The van der Waals surface area contributed by atoms with E-state index in [-0.39, 0.29) is 23.7 Å². The number of allylic oxidation sites excluding steroid dienone is 1. The Hall–Kier alpha value is -1.68. The zero-order valence-electron chi connectivity index (χ0n) is 12.1. The highest BCUT2D eigenvalue weighted by molar-refractivity contribution is 5.75. The number of rotatable bonds is 5. The second-order valence-electron chi connectivity index (χ2n) is 5.76. The van der Waals surface area contributed by atoms with Gasteiger partial charge in [-0.25, -0.2) is 4.39 Å². The van der Waals surface area contributed by atoms with Crippen LogP contribution in [-0.2, 0) is 16.1 Å². The molecule has 4 atom stereocenters. The van der Waals surface area contributed by atoms with Crippen molar-refractivity contribution in [3.63, 3.8) is 0 Å². The maximum absolute atomic E-state index is 12.9. The average Bonchev–Trinajstić information content (AvgIpc) is 3.07. The lowest BCUT2D eigenvalue weighted by Gasteiger charge is -2.27. The maximum atomic E-state index is 12.9. The molecule has 3 rings (SSSR count). The van der Waals surface area contributed by atoms with Crippen molar-refractivity contribution in [3.05, 3.63) is 47.8 Å². The highest BCUT2D eigenvalue weighted by Crippen LogP contribution is 2.44. The first kappa shape index (κ1) is 14.3. The lowest BCUT2D eigenvalue weighted by Crippen LogP contribution is -2.43. The molecule has 4 heteroatoms. The van der Waals surface area contributed by atoms with Crippen LogP contribution in [0, 0.1) is 23.6 Å². The third-order valence-corrected chi connectivity index (χ3v) is 4.47. The second-order valence-corrected chi connectivity index (χ2v) is 5.76. The van der Waals surface area contributed by atoms with Crippen LogP contribution in [0.15, 0.2) is 36.4 Å². The fraction of sp³-hybridized carbons (Fsp3) is 0.471. The Balaban J connectivity index is 1.66. The van der Waals surface area contributed by atoms with Gasteiger partial charge in [0.15, 0.2) is 0 Å². The molecule has 0 radical (unpaired) electrons. The second kappa shape index (κ2) is 5.98. The number of carbonyl (C=O) groups is 1. The number of benzene rings is 1. The van der Waals surface area contributed by atoms with E-state index in [2.05, 4.69) is 17.5 Å². The molecular weight excluding hydrogens is 269 g/mol. The predicted molar refractivity (Wildman–Crippen MR) is 77.9 cm³/mol. The third kappa shape index (κ3) is 2.86. The van der Waals surface area contributed by atoms with Gasteiger partial charge >= 0.3 is 5.97 Å². The summed E-state index contributed by atoms with van der Waals surface area (Å²) in [5, 5.41) is 3.46. The molecule has 0 aromatic heterocycles. The number of fused-ring (bicyclic) bond motifs is 2. The third-order valence-electron chi connectivity index (χ3n) is 4.47. The number of hydrogen-bond acceptors (Lipinski definition) is 3. The number of carbonyl (C=O) groups excluding carboxylic acids is 1. The van der Waals surface area contributed by atoms with Crippen LogP contribution in [0.3, 0.4) is 0 Å². The van der Waals surface area contributed by atoms with Gasteiger partial charge in [-0.2, -0.15) is 0 Å². The summed E-state index contributed by atoms with van der Waals surface area (Å²) < 4.78 is 18.1. The minimum Gasteiger partial charge on any atom is -0.466 e. The van der Waals surface area contributed by atoms with Crippen molar-refractivity contribution >= 4 is 5.97 Å². The number of hydrogen-bond donors (Lipinski definition) is 1. The van der Waals surface area contributed by atoms with E-state index < -0.39 is 0 Å². The van der Waals surface area contributed by atoms with E-state index in [4.69, 9.17) is 4.74 Å². The van der Waals surface area contributed by atoms with Crippen LogP contribution in [0.5, 0.6) is 0 Å². The van der Waals surface area contributed by atoms with Gasteiger partial charge in [-0.3, -0.25) is 4.79 Å². The molecule has 4 unspecified atom stereocenters. The van der Waals surface area contributed by atoms with Crippen LogP contribution in [0.2, 0.25) is 0 Å². The Morgan fingerprint density at radius 3 is 2.71 bits per heavy atom. The minimum atomic E-state index is -0.231. The van der Waals surface area contributed by atoms with Crippen LogP contribution in [0.4, 0.5) is 4.39 Å². The van der Waals surface area contributed by atoms with E-state index in [1.807, 2.05) is 6.92 Å². The first-order chi connectivity index (χ1) is 10.2. The van der Waals surface area contributed by atoms with Gasteiger partial charge in [0.1, 0.15) is 5.82 Å². The van der Waals surface area contributed by atoms with Crippen LogP contribution >= 0.6 is 0 Å². The number of esters is 1. The SMILES string of the molecule is CCOC(=O)C1C2C=CC(C2)C1NCc1ccc(F)cc1. The summed E-state index contributed by atoms with van der Waals surface area (Å²) in [7, 11) is 0. The highest BCUT2D eigenvalue weighted by Gasteiger charge is 2.48. The van der Waals surface area contributed by atoms with E-state index in [0.717, 1.165) is 12.0 Å². The number of nitrogens with one attached hydrogen (secondary N) is 1. The monoisotopic (exact) mass is 289 g/mol. The van der Waals surface area contributed by atoms with Crippen molar-refractivity contribution in [3.8, 4) is 0 Å². The van der Waals surface area contributed by atoms with Crippen molar-refractivity contribution in [2.45, 2.75) is 25.9 Å². The van der Waals surface area contributed by atoms with Gasteiger partial charge in [0.25, 0.3) is 0 Å². The first-order valence-electron chi connectivity index (χ1n) is 7.52. The molecule has 112 valence electrons. The summed E-state index contributed by atoms with van der Waals surface area (Å²) in [4.78, 5) is 12.2. The Morgan fingerprint density at radius 1 is 1.29 bits per heavy atom. The lowest BCUT2D eigenvalue weighted by molar-refractivity contribution is -0.149. The number of ether oxygens (including phenoxy) is 1.